The first kappa shape index (κ1) is 20.3. The first-order chi connectivity index (χ1) is 15.7. The maximum Gasteiger partial charge on any atom is 0.262 e. The van der Waals surface area contributed by atoms with Crippen molar-refractivity contribution in [1.29, 1.82) is 0 Å². The summed E-state index contributed by atoms with van der Waals surface area (Å²) in [5, 5.41) is 5.34. The second-order valence-electron chi connectivity index (χ2n) is 8.00. The van der Waals surface area contributed by atoms with E-state index in [9.17, 15) is 4.79 Å². The van der Waals surface area contributed by atoms with E-state index >= 15 is 4.39 Å². The van der Waals surface area contributed by atoms with Crippen molar-refractivity contribution < 1.29 is 9.18 Å². The lowest BCUT2D eigenvalue weighted by Crippen LogP contribution is -2.49. The van der Waals surface area contributed by atoms with Crippen LogP contribution in [0.5, 0.6) is 0 Å². The van der Waals surface area contributed by atoms with E-state index in [4.69, 9.17) is 0 Å². The quantitative estimate of drug-likeness (QED) is 0.508. The number of anilines is 1. The summed E-state index contributed by atoms with van der Waals surface area (Å²) in [5.41, 5.74) is 1.52. The number of nitrogens with zero attached hydrogens (tertiary/aromatic N) is 3. The molecule has 0 aliphatic carbocycles. The monoisotopic (exact) mass is 426 g/mol. The second-order valence-corrected chi connectivity index (χ2v) is 8.00. The lowest BCUT2D eigenvalue weighted by Gasteiger charge is -2.34. The molecule has 32 heavy (non-hydrogen) atoms. The highest BCUT2D eigenvalue weighted by Gasteiger charge is 2.30. The number of pyridine rings is 2. The lowest BCUT2D eigenvalue weighted by molar-refractivity contribution is 0.0967. The van der Waals surface area contributed by atoms with Gasteiger partial charge in [-0.2, -0.15) is 0 Å². The van der Waals surface area contributed by atoms with E-state index in [1.54, 1.807) is 41.7 Å². The Bertz CT molecular complexity index is 1260. The molecule has 3 heterocycles. The summed E-state index contributed by atoms with van der Waals surface area (Å²) in [6.45, 7) is 1.56. The summed E-state index contributed by atoms with van der Waals surface area (Å²) in [5.74, 6) is -0.388. The molecule has 1 saturated heterocycles. The highest BCUT2D eigenvalue weighted by Crippen LogP contribution is 2.27. The second kappa shape index (κ2) is 8.85. The van der Waals surface area contributed by atoms with Crippen LogP contribution in [0.15, 0.2) is 79.3 Å². The van der Waals surface area contributed by atoms with Gasteiger partial charge in [0.05, 0.1) is 11.6 Å². The normalized spacial score (nSPS) is 16.1. The van der Waals surface area contributed by atoms with Crippen LogP contribution in [-0.4, -0.2) is 35.0 Å². The van der Waals surface area contributed by atoms with Crippen molar-refractivity contribution in [3.8, 4) is 11.1 Å². The Labute approximate surface area is 185 Å². The highest BCUT2D eigenvalue weighted by atomic mass is 19.1. The molecule has 1 aliphatic rings. The molecule has 0 spiro atoms. The topological polar surface area (TPSA) is 58.1 Å². The van der Waals surface area contributed by atoms with Gasteiger partial charge in [0, 0.05) is 36.1 Å². The molecule has 4 aromatic rings. The van der Waals surface area contributed by atoms with Crippen molar-refractivity contribution in [2.24, 2.45) is 0 Å². The van der Waals surface area contributed by atoms with Crippen molar-refractivity contribution in [2.45, 2.75) is 18.9 Å². The number of carbonyl (C=O) groups excluding carboxylic acids is 1. The van der Waals surface area contributed by atoms with E-state index in [0.717, 1.165) is 35.7 Å². The average Bonchev–Trinajstić information content (AvgIpc) is 2.85. The number of benzene rings is 2. The van der Waals surface area contributed by atoms with Gasteiger partial charge in [0.25, 0.3) is 5.91 Å². The van der Waals surface area contributed by atoms with Crippen LogP contribution in [0.1, 0.15) is 23.2 Å². The fraction of sp³-hybridized carbons (Fsp3) is 0.192. The molecule has 0 radical (unpaired) electrons. The molecule has 1 fully saturated rings. The van der Waals surface area contributed by atoms with Crippen LogP contribution in [0.3, 0.4) is 0 Å². The molecule has 5 nitrogen and oxygen atoms in total. The van der Waals surface area contributed by atoms with Crippen molar-refractivity contribution in [1.82, 2.24) is 15.3 Å². The zero-order valence-electron chi connectivity index (χ0n) is 17.5. The molecule has 2 aromatic carbocycles. The third-order valence-electron chi connectivity index (χ3n) is 5.91. The van der Waals surface area contributed by atoms with Gasteiger partial charge in [-0.1, -0.05) is 36.4 Å². The Morgan fingerprint density at radius 3 is 2.62 bits per heavy atom. The summed E-state index contributed by atoms with van der Waals surface area (Å²) in [4.78, 5) is 24.0. The average molecular weight is 426 g/mol. The van der Waals surface area contributed by atoms with Crippen LogP contribution in [0.25, 0.3) is 21.9 Å². The van der Waals surface area contributed by atoms with Crippen LogP contribution < -0.4 is 10.2 Å². The number of aromatic nitrogens is 2. The Balaban J connectivity index is 1.54. The zero-order chi connectivity index (χ0) is 21.9. The fourth-order valence-corrected chi connectivity index (χ4v) is 4.25. The number of fused-ring (bicyclic) bond motifs is 1. The minimum atomic E-state index is -0.550. The number of halogens is 1. The molecule has 1 N–H and O–H groups in total. The van der Waals surface area contributed by atoms with E-state index in [1.165, 1.54) is 6.07 Å². The third-order valence-corrected chi connectivity index (χ3v) is 5.91. The lowest BCUT2D eigenvalue weighted by atomic mass is 10.0. The van der Waals surface area contributed by atoms with Crippen molar-refractivity contribution in [3.05, 3.63) is 90.6 Å². The fourth-order valence-electron chi connectivity index (χ4n) is 4.25. The third kappa shape index (κ3) is 3.97. The summed E-state index contributed by atoms with van der Waals surface area (Å²) in [6.07, 6.45) is 6.90. The van der Waals surface area contributed by atoms with Crippen LogP contribution in [0, 0.1) is 5.82 Å². The maximum absolute atomic E-state index is 15.2. The van der Waals surface area contributed by atoms with Crippen molar-refractivity contribution in [2.75, 3.05) is 18.0 Å². The van der Waals surface area contributed by atoms with E-state index in [2.05, 4.69) is 15.3 Å². The Kier molecular flexibility index (Phi) is 5.60. The first-order valence-corrected chi connectivity index (χ1v) is 10.8. The Morgan fingerprint density at radius 1 is 1.00 bits per heavy atom. The smallest absolute Gasteiger partial charge is 0.262 e. The summed E-state index contributed by atoms with van der Waals surface area (Å²) in [6, 6.07) is 18.1. The summed E-state index contributed by atoms with van der Waals surface area (Å²) in [7, 11) is 0. The van der Waals surface area contributed by atoms with Gasteiger partial charge in [-0.15, -0.1) is 0 Å². The maximum atomic E-state index is 15.2. The molecular formula is C26H23FN4O. The van der Waals surface area contributed by atoms with Gasteiger partial charge in [0.1, 0.15) is 11.6 Å². The number of carbonyl (C=O) groups is 1. The number of hydrogen-bond acceptors (Lipinski definition) is 4. The molecule has 0 unspecified atom stereocenters. The van der Waals surface area contributed by atoms with Crippen LogP contribution in [0.4, 0.5) is 10.2 Å². The van der Waals surface area contributed by atoms with Crippen LogP contribution in [-0.2, 0) is 0 Å². The van der Waals surface area contributed by atoms with Gasteiger partial charge in [-0.25, -0.2) is 9.37 Å². The number of piperidine rings is 1. The molecule has 5 rings (SSSR count). The van der Waals surface area contributed by atoms with Gasteiger partial charge in [-0.3, -0.25) is 14.7 Å². The summed E-state index contributed by atoms with van der Waals surface area (Å²) >= 11 is 0. The Hall–Kier alpha value is -3.64. The number of nitrogens with one attached hydrogen (secondary N) is 1. The molecule has 0 saturated carbocycles. The largest absolute Gasteiger partial charge is 0.315 e. The SMILES string of the molecule is O=C(c1ccc(-c2cccnc2)cc1F)N(c1cc2ccccc2cn1)[C@@H]1CCCNC1. The molecule has 1 amide bonds. The van der Waals surface area contributed by atoms with Crippen LogP contribution >= 0.6 is 0 Å². The van der Waals surface area contributed by atoms with E-state index in [0.29, 0.717) is 17.9 Å². The molecule has 1 aliphatic heterocycles. The van der Waals surface area contributed by atoms with Gasteiger partial charge >= 0.3 is 0 Å². The highest BCUT2D eigenvalue weighted by molar-refractivity contribution is 6.07. The molecule has 2 aromatic heterocycles. The minimum absolute atomic E-state index is 0.0400. The molecule has 0 bridgehead atoms. The van der Waals surface area contributed by atoms with Crippen molar-refractivity contribution in [3.63, 3.8) is 0 Å². The summed E-state index contributed by atoms with van der Waals surface area (Å²) < 4.78 is 15.2. The molecule has 6 heteroatoms. The number of rotatable bonds is 4. The van der Waals surface area contributed by atoms with Gasteiger partial charge in [-0.05, 0) is 54.6 Å². The molecule has 160 valence electrons. The van der Waals surface area contributed by atoms with E-state index in [-0.39, 0.29) is 17.5 Å². The predicted octanol–water partition coefficient (Wildman–Crippen LogP) is 4.83. The molecular weight excluding hydrogens is 403 g/mol. The number of amides is 1. The molecule has 1 atom stereocenters. The standard InChI is InChI=1S/C26H23FN4O/c27-24-13-19(20-7-3-11-28-15-20)9-10-23(24)26(32)31(22-8-4-12-29-17-22)25-14-18-5-1-2-6-21(18)16-30-25/h1-3,5-7,9-11,13-16,22,29H,4,8,12,17H2/t22-/m1/s1. The van der Waals surface area contributed by atoms with Crippen molar-refractivity contribution >= 4 is 22.5 Å². The van der Waals surface area contributed by atoms with Gasteiger partial charge in [0.15, 0.2) is 0 Å². The minimum Gasteiger partial charge on any atom is -0.315 e. The number of hydrogen-bond donors (Lipinski definition) is 1. The predicted molar refractivity (Wildman–Crippen MR) is 124 cm³/mol. The van der Waals surface area contributed by atoms with E-state index < -0.39 is 5.82 Å². The van der Waals surface area contributed by atoms with Crippen LogP contribution in [0.2, 0.25) is 0 Å². The Morgan fingerprint density at radius 2 is 1.88 bits per heavy atom. The zero-order valence-corrected chi connectivity index (χ0v) is 17.5. The first-order valence-electron chi connectivity index (χ1n) is 10.8. The van der Waals surface area contributed by atoms with E-state index in [1.807, 2.05) is 36.4 Å². The van der Waals surface area contributed by atoms with Gasteiger partial charge in [0.2, 0.25) is 0 Å². The van der Waals surface area contributed by atoms with Gasteiger partial charge < -0.3 is 5.32 Å².